The van der Waals surface area contributed by atoms with Crippen LogP contribution in [-0.2, 0) is 0 Å². The van der Waals surface area contributed by atoms with E-state index >= 15 is 0 Å². The topological polar surface area (TPSA) is 36.4 Å². The molecule has 0 radical (unpaired) electrons. The first kappa shape index (κ1) is 14.0. The van der Waals surface area contributed by atoms with Crippen LogP contribution >= 0.6 is 0 Å². The molecule has 1 aromatic heterocycles. The number of anilines is 1. The van der Waals surface area contributed by atoms with E-state index in [1.165, 1.54) is 4.90 Å². The van der Waals surface area contributed by atoms with Crippen LogP contribution in [0.2, 0.25) is 0 Å². The first-order valence-corrected chi connectivity index (χ1v) is 6.13. The minimum atomic E-state index is -1.65. The van der Waals surface area contributed by atoms with Crippen LogP contribution < -0.4 is 4.90 Å². The summed E-state index contributed by atoms with van der Waals surface area (Å²) < 4.78 is 53.6. The predicted molar refractivity (Wildman–Crippen MR) is 60.8 cm³/mol. The SMILES string of the molecule is OCCCN(c1c(F)c(F)nc(F)c1F)C1CCC1. The highest BCUT2D eigenvalue weighted by Crippen LogP contribution is 2.34. The molecule has 3 nitrogen and oxygen atoms in total. The van der Waals surface area contributed by atoms with E-state index in [1.54, 1.807) is 0 Å². The summed E-state index contributed by atoms with van der Waals surface area (Å²) in [5, 5.41) is 8.81. The van der Waals surface area contributed by atoms with Gasteiger partial charge in [-0.25, -0.2) is 0 Å². The lowest BCUT2D eigenvalue weighted by atomic mass is 9.91. The molecule has 2 rings (SSSR count). The van der Waals surface area contributed by atoms with Crippen molar-refractivity contribution in [3.63, 3.8) is 0 Å². The van der Waals surface area contributed by atoms with Crippen LogP contribution in [0.3, 0.4) is 0 Å². The molecule has 1 N–H and O–H groups in total. The van der Waals surface area contributed by atoms with Crippen molar-refractivity contribution in [2.24, 2.45) is 0 Å². The number of aromatic nitrogens is 1. The van der Waals surface area contributed by atoms with E-state index in [9.17, 15) is 17.6 Å². The van der Waals surface area contributed by atoms with Crippen molar-refractivity contribution in [1.29, 1.82) is 0 Å². The van der Waals surface area contributed by atoms with E-state index in [1.807, 2.05) is 0 Å². The first-order valence-electron chi connectivity index (χ1n) is 6.13. The van der Waals surface area contributed by atoms with Crippen molar-refractivity contribution in [3.8, 4) is 0 Å². The molecule has 0 aliphatic heterocycles. The molecule has 1 heterocycles. The number of hydrogen-bond donors (Lipinski definition) is 1. The van der Waals surface area contributed by atoms with Gasteiger partial charge in [-0.3, -0.25) is 0 Å². The molecular weight excluding hydrogens is 264 g/mol. The average molecular weight is 278 g/mol. The Bertz CT molecular complexity index is 439. The van der Waals surface area contributed by atoms with E-state index in [0.717, 1.165) is 6.42 Å². The van der Waals surface area contributed by atoms with Crippen LogP contribution in [0, 0.1) is 23.5 Å². The Balaban J connectivity index is 2.39. The molecule has 0 aromatic carbocycles. The zero-order valence-electron chi connectivity index (χ0n) is 10.2. The molecule has 1 aliphatic carbocycles. The quantitative estimate of drug-likeness (QED) is 0.663. The van der Waals surface area contributed by atoms with Crippen molar-refractivity contribution in [3.05, 3.63) is 23.5 Å². The van der Waals surface area contributed by atoms with Crippen LogP contribution in [-0.4, -0.2) is 29.3 Å². The highest BCUT2D eigenvalue weighted by atomic mass is 19.2. The fourth-order valence-corrected chi connectivity index (χ4v) is 2.14. The molecule has 1 aromatic rings. The summed E-state index contributed by atoms with van der Waals surface area (Å²) in [5.74, 6) is -6.27. The maximum absolute atomic E-state index is 13.7. The second-order valence-corrected chi connectivity index (χ2v) is 4.53. The van der Waals surface area contributed by atoms with E-state index in [4.69, 9.17) is 5.11 Å². The highest BCUT2D eigenvalue weighted by Gasteiger charge is 2.32. The molecule has 19 heavy (non-hydrogen) atoms. The Morgan fingerprint density at radius 3 is 2.11 bits per heavy atom. The maximum atomic E-state index is 13.7. The fourth-order valence-electron chi connectivity index (χ4n) is 2.14. The molecule has 0 atom stereocenters. The Hall–Kier alpha value is -1.37. The van der Waals surface area contributed by atoms with Gasteiger partial charge in [0.2, 0.25) is 11.6 Å². The standard InChI is InChI=1S/C12H14F4N2O/c13-8-10(9(14)12(16)17-11(8)15)18(5-2-6-19)7-3-1-4-7/h7,19H,1-6H2. The van der Waals surface area contributed by atoms with Crippen LogP contribution in [0.4, 0.5) is 23.2 Å². The second-order valence-electron chi connectivity index (χ2n) is 4.53. The van der Waals surface area contributed by atoms with Gasteiger partial charge in [-0.15, -0.1) is 0 Å². The molecule has 1 fully saturated rings. The number of rotatable bonds is 5. The van der Waals surface area contributed by atoms with Gasteiger partial charge in [0.15, 0.2) is 0 Å². The Kier molecular flexibility index (Phi) is 4.24. The van der Waals surface area contributed by atoms with Gasteiger partial charge in [-0.05, 0) is 25.7 Å². The molecule has 1 aliphatic rings. The van der Waals surface area contributed by atoms with Gasteiger partial charge >= 0.3 is 0 Å². The third-order valence-corrected chi connectivity index (χ3v) is 3.33. The zero-order chi connectivity index (χ0) is 14.0. The second kappa shape index (κ2) is 5.73. The van der Waals surface area contributed by atoms with Crippen molar-refractivity contribution in [1.82, 2.24) is 4.98 Å². The normalized spacial score (nSPS) is 15.4. The molecule has 0 spiro atoms. The van der Waals surface area contributed by atoms with E-state index in [2.05, 4.69) is 4.98 Å². The molecule has 0 bridgehead atoms. The molecule has 106 valence electrons. The minimum absolute atomic E-state index is 0.137. The Labute approximate surface area is 107 Å². The fraction of sp³-hybridized carbons (Fsp3) is 0.583. The van der Waals surface area contributed by atoms with Gasteiger partial charge in [0.25, 0.3) is 11.9 Å². The largest absolute Gasteiger partial charge is 0.396 e. The predicted octanol–water partition coefficient (Wildman–Crippen LogP) is 2.38. The number of hydrogen-bond acceptors (Lipinski definition) is 3. The molecule has 0 saturated heterocycles. The zero-order valence-corrected chi connectivity index (χ0v) is 10.2. The smallest absolute Gasteiger partial charge is 0.253 e. The molecule has 0 unspecified atom stereocenters. The van der Waals surface area contributed by atoms with Crippen LogP contribution in [0.1, 0.15) is 25.7 Å². The summed E-state index contributed by atoms with van der Waals surface area (Å²) in [4.78, 5) is 3.83. The molecular formula is C12H14F4N2O. The summed E-state index contributed by atoms with van der Waals surface area (Å²) in [6.45, 7) is -0.0274. The van der Waals surface area contributed by atoms with E-state index in [-0.39, 0.29) is 25.6 Å². The lowest BCUT2D eigenvalue weighted by Gasteiger charge is -2.39. The van der Waals surface area contributed by atoms with Crippen LogP contribution in [0.15, 0.2) is 0 Å². The van der Waals surface area contributed by atoms with E-state index < -0.39 is 29.2 Å². The lowest BCUT2D eigenvalue weighted by Crippen LogP contribution is -2.42. The number of nitrogens with zero attached hydrogens (tertiary/aromatic N) is 2. The monoisotopic (exact) mass is 278 g/mol. The van der Waals surface area contributed by atoms with Crippen molar-refractivity contribution in [2.45, 2.75) is 31.7 Å². The minimum Gasteiger partial charge on any atom is -0.396 e. The summed E-state index contributed by atoms with van der Waals surface area (Å²) in [6, 6.07) is -0.156. The molecule has 7 heteroatoms. The lowest BCUT2D eigenvalue weighted by molar-refractivity contribution is 0.281. The van der Waals surface area contributed by atoms with Crippen molar-refractivity contribution < 1.29 is 22.7 Å². The van der Waals surface area contributed by atoms with Gasteiger partial charge in [0.05, 0.1) is 0 Å². The first-order chi connectivity index (χ1) is 9.06. The summed E-state index contributed by atoms with van der Waals surface area (Å²) >= 11 is 0. The number of aliphatic hydroxyl groups is 1. The average Bonchev–Trinajstić information content (AvgIpc) is 2.31. The van der Waals surface area contributed by atoms with Gasteiger partial charge in [-0.2, -0.15) is 22.5 Å². The van der Waals surface area contributed by atoms with E-state index in [0.29, 0.717) is 12.8 Å². The summed E-state index contributed by atoms with van der Waals surface area (Å²) in [6.07, 6.45) is 2.58. The summed E-state index contributed by atoms with van der Waals surface area (Å²) in [7, 11) is 0. The van der Waals surface area contributed by atoms with Gasteiger partial charge in [0, 0.05) is 19.2 Å². The summed E-state index contributed by atoms with van der Waals surface area (Å²) in [5.41, 5.74) is -0.719. The third kappa shape index (κ3) is 2.65. The maximum Gasteiger partial charge on any atom is 0.253 e. The van der Waals surface area contributed by atoms with Crippen molar-refractivity contribution >= 4 is 5.69 Å². The number of pyridine rings is 1. The molecule has 1 saturated carbocycles. The number of halogens is 4. The van der Waals surface area contributed by atoms with Crippen LogP contribution in [0.5, 0.6) is 0 Å². The van der Waals surface area contributed by atoms with Crippen molar-refractivity contribution in [2.75, 3.05) is 18.1 Å². The van der Waals surface area contributed by atoms with Gasteiger partial charge < -0.3 is 10.0 Å². The highest BCUT2D eigenvalue weighted by molar-refractivity contribution is 5.50. The van der Waals surface area contributed by atoms with Gasteiger partial charge in [0.1, 0.15) is 5.69 Å². The Morgan fingerprint density at radius 1 is 1.11 bits per heavy atom. The molecule has 0 amide bonds. The van der Waals surface area contributed by atoms with Gasteiger partial charge in [-0.1, -0.05) is 0 Å². The van der Waals surface area contributed by atoms with Crippen LogP contribution in [0.25, 0.3) is 0 Å². The third-order valence-electron chi connectivity index (χ3n) is 3.33. The number of aliphatic hydroxyl groups excluding tert-OH is 1. The Morgan fingerprint density at radius 2 is 1.68 bits per heavy atom.